The van der Waals surface area contributed by atoms with Crippen LogP contribution in [0.2, 0.25) is 5.02 Å². The van der Waals surface area contributed by atoms with Crippen molar-refractivity contribution in [2.45, 2.75) is 38.3 Å². The number of hydrogen-bond donors (Lipinski definition) is 2. The summed E-state index contributed by atoms with van der Waals surface area (Å²) < 4.78 is 1.82. The van der Waals surface area contributed by atoms with E-state index in [1.54, 1.807) is 12.3 Å². The number of carbonyl (C=O) groups is 1. The molecule has 3 rings (SSSR count). The van der Waals surface area contributed by atoms with Crippen molar-refractivity contribution in [3.8, 4) is 0 Å². The SMILES string of the molecule is Nc1nc2cc(Cl)cnc2n1CCCC(=O)NC1CC1. The number of amides is 1. The minimum atomic E-state index is 0.103. The summed E-state index contributed by atoms with van der Waals surface area (Å²) in [7, 11) is 0. The van der Waals surface area contributed by atoms with Gasteiger partial charge in [-0.2, -0.15) is 0 Å². The standard InChI is InChI=1S/C13H16ClN5O/c14-8-6-10-12(16-7-8)19(13(15)18-10)5-1-2-11(20)17-9-3-4-9/h6-7,9H,1-5H2,(H2,15,18)(H,17,20). The van der Waals surface area contributed by atoms with Crippen LogP contribution in [0.1, 0.15) is 25.7 Å². The summed E-state index contributed by atoms with van der Waals surface area (Å²) in [5.41, 5.74) is 7.26. The number of rotatable bonds is 5. The van der Waals surface area contributed by atoms with E-state index in [2.05, 4.69) is 15.3 Å². The minimum Gasteiger partial charge on any atom is -0.369 e. The largest absolute Gasteiger partial charge is 0.369 e. The van der Waals surface area contributed by atoms with Crippen LogP contribution in [0.3, 0.4) is 0 Å². The van der Waals surface area contributed by atoms with Gasteiger partial charge in [-0.1, -0.05) is 11.6 Å². The fourth-order valence-corrected chi connectivity index (χ4v) is 2.30. The molecule has 7 heteroatoms. The molecule has 0 saturated heterocycles. The molecule has 1 saturated carbocycles. The van der Waals surface area contributed by atoms with E-state index in [1.807, 2.05) is 4.57 Å². The summed E-state index contributed by atoms with van der Waals surface area (Å²) in [5.74, 6) is 0.504. The highest BCUT2D eigenvalue weighted by molar-refractivity contribution is 6.31. The number of halogens is 1. The molecule has 1 fully saturated rings. The molecule has 2 aromatic rings. The van der Waals surface area contributed by atoms with Crippen LogP contribution in [0.25, 0.3) is 11.2 Å². The quantitative estimate of drug-likeness (QED) is 0.879. The summed E-state index contributed by atoms with van der Waals surface area (Å²) >= 11 is 5.88. The number of fused-ring (bicyclic) bond motifs is 1. The first-order valence-electron chi connectivity index (χ1n) is 6.70. The Hall–Kier alpha value is -1.82. The number of aromatic nitrogens is 3. The molecule has 1 aliphatic rings. The van der Waals surface area contributed by atoms with Gasteiger partial charge >= 0.3 is 0 Å². The van der Waals surface area contributed by atoms with Crippen LogP contribution in [0.5, 0.6) is 0 Å². The molecule has 0 atom stereocenters. The number of nitrogen functional groups attached to an aromatic ring is 1. The highest BCUT2D eigenvalue weighted by Crippen LogP contribution is 2.20. The van der Waals surface area contributed by atoms with Crippen molar-refractivity contribution in [1.82, 2.24) is 19.9 Å². The van der Waals surface area contributed by atoms with E-state index >= 15 is 0 Å². The summed E-state index contributed by atoms with van der Waals surface area (Å²) in [6.45, 7) is 0.620. The predicted molar refractivity (Wildman–Crippen MR) is 77.3 cm³/mol. The van der Waals surface area contributed by atoms with Crippen LogP contribution < -0.4 is 11.1 Å². The zero-order valence-electron chi connectivity index (χ0n) is 11.0. The Morgan fingerprint density at radius 1 is 1.55 bits per heavy atom. The van der Waals surface area contributed by atoms with Gasteiger partial charge in [0.25, 0.3) is 0 Å². The van der Waals surface area contributed by atoms with Crippen LogP contribution in [0.4, 0.5) is 5.95 Å². The van der Waals surface area contributed by atoms with Gasteiger partial charge in [-0.05, 0) is 25.3 Å². The van der Waals surface area contributed by atoms with Crippen LogP contribution >= 0.6 is 11.6 Å². The molecular formula is C13H16ClN5O. The van der Waals surface area contributed by atoms with E-state index in [4.69, 9.17) is 17.3 Å². The summed E-state index contributed by atoms with van der Waals surface area (Å²) in [4.78, 5) is 20.1. The van der Waals surface area contributed by atoms with Crippen molar-refractivity contribution in [3.05, 3.63) is 17.3 Å². The second-order valence-electron chi connectivity index (χ2n) is 5.06. The molecule has 0 aliphatic heterocycles. The highest BCUT2D eigenvalue weighted by atomic mass is 35.5. The highest BCUT2D eigenvalue weighted by Gasteiger charge is 2.22. The Morgan fingerprint density at radius 3 is 3.10 bits per heavy atom. The lowest BCUT2D eigenvalue weighted by Crippen LogP contribution is -2.25. The third-order valence-electron chi connectivity index (χ3n) is 3.31. The van der Waals surface area contributed by atoms with Gasteiger partial charge in [0, 0.05) is 25.2 Å². The number of pyridine rings is 1. The van der Waals surface area contributed by atoms with Crippen LogP contribution in [-0.4, -0.2) is 26.5 Å². The summed E-state index contributed by atoms with van der Waals surface area (Å²) in [6, 6.07) is 2.14. The molecule has 0 bridgehead atoms. The van der Waals surface area contributed by atoms with Gasteiger partial charge in [-0.25, -0.2) is 9.97 Å². The lowest BCUT2D eigenvalue weighted by molar-refractivity contribution is -0.121. The molecule has 0 radical (unpaired) electrons. The fraction of sp³-hybridized carbons (Fsp3) is 0.462. The molecule has 1 amide bonds. The first kappa shape index (κ1) is 13.2. The molecule has 0 unspecified atom stereocenters. The maximum absolute atomic E-state index is 11.6. The van der Waals surface area contributed by atoms with E-state index in [-0.39, 0.29) is 5.91 Å². The second-order valence-corrected chi connectivity index (χ2v) is 5.50. The third-order valence-corrected chi connectivity index (χ3v) is 3.52. The number of carbonyl (C=O) groups excluding carboxylic acids is 1. The van der Waals surface area contributed by atoms with Gasteiger partial charge in [0.2, 0.25) is 11.9 Å². The molecular weight excluding hydrogens is 278 g/mol. The van der Waals surface area contributed by atoms with E-state index in [9.17, 15) is 4.79 Å². The molecule has 6 nitrogen and oxygen atoms in total. The van der Waals surface area contributed by atoms with E-state index in [0.717, 1.165) is 12.8 Å². The topological polar surface area (TPSA) is 85.8 Å². The summed E-state index contributed by atoms with van der Waals surface area (Å²) in [6.07, 6.45) is 4.98. The number of nitrogens with zero attached hydrogens (tertiary/aromatic N) is 3. The van der Waals surface area contributed by atoms with Gasteiger partial charge < -0.3 is 11.1 Å². The van der Waals surface area contributed by atoms with Crippen molar-refractivity contribution < 1.29 is 4.79 Å². The van der Waals surface area contributed by atoms with Gasteiger partial charge in [0.15, 0.2) is 5.65 Å². The first-order valence-corrected chi connectivity index (χ1v) is 7.08. The van der Waals surface area contributed by atoms with Crippen molar-refractivity contribution in [1.29, 1.82) is 0 Å². The lowest BCUT2D eigenvalue weighted by atomic mass is 10.3. The third kappa shape index (κ3) is 2.85. The molecule has 0 aromatic carbocycles. The average molecular weight is 294 g/mol. The zero-order chi connectivity index (χ0) is 14.1. The number of hydrogen-bond acceptors (Lipinski definition) is 4. The normalized spacial score (nSPS) is 14.7. The smallest absolute Gasteiger partial charge is 0.220 e. The van der Waals surface area contributed by atoms with Crippen molar-refractivity contribution in [2.75, 3.05) is 5.73 Å². The van der Waals surface area contributed by atoms with Crippen LogP contribution in [-0.2, 0) is 11.3 Å². The maximum Gasteiger partial charge on any atom is 0.220 e. The number of nitrogens with two attached hydrogens (primary N) is 1. The number of aryl methyl sites for hydroxylation is 1. The van der Waals surface area contributed by atoms with Gasteiger partial charge in [-0.15, -0.1) is 0 Å². The van der Waals surface area contributed by atoms with Crippen LogP contribution in [0, 0.1) is 0 Å². The molecule has 3 N–H and O–H groups in total. The molecule has 2 aromatic heterocycles. The zero-order valence-corrected chi connectivity index (χ0v) is 11.7. The summed E-state index contributed by atoms with van der Waals surface area (Å²) in [5, 5.41) is 3.50. The molecule has 106 valence electrons. The molecule has 20 heavy (non-hydrogen) atoms. The van der Waals surface area contributed by atoms with E-state index < -0.39 is 0 Å². The van der Waals surface area contributed by atoms with Gasteiger partial charge in [0.1, 0.15) is 5.52 Å². The Labute approximate surface area is 121 Å². The monoisotopic (exact) mass is 293 g/mol. The number of nitrogens with one attached hydrogen (secondary N) is 1. The van der Waals surface area contributed by atoms with Crippen LogP contribution in [0.15, 0.2) is 12.3 Å². The lowest BCUT2D eigenvalue weighted by Gasteiger charge is -2.06. The van der Waals surface area contributed by atoms with E-state index in [0.29, 0.717) is 47.6 Å². The first-order chi connectivity index (χ1) is 9.63. The average Bonchev–Trinajstić information content (AvgIpc) is 3.14. The predicted octanol–water partition coefficient (Wildman–Crippen LogP) is 1.73. The maximum atomic E-state index is 11.6. The van der Waals surface area contributed by atoms with Gasteiger partial charge in [-0.3, -0.25) is 9.36 Å². The Kier molecular flexibility index (Phi) is 3.48. The fourth-order valence-electron chi connectivity index (χ4n) is 2.15. The van der Waals surface area contributed by atoms with Crippen molar-refractivity contribution >= 4 is 34.6 Å². The van der Waals surface area contributed by atoms with Gasteiger partial charge in [0.05, 0.1) is 5.02 Å². The Balaban J connectivity index is 1.64. The Morgan fingerprint density at radius 2 is 2.35 bits per heavy atom. The molecule has 1 aliphatic carbocycles. The van der Waals surface area contributed by atoms with Crippen molar-refractivity contribution in [3.63, 3.8) is 0 Å². The molecule has 0 spiro atoms. The number of imidazole rings is 1. The number of anilines is 1. The van der Waals surface area contributed by atoms with E-state index in [1.165, 1.54) is 0 Å². The van der Waals surface area contributed by atoms with Crippen molar-refractivity contribution in [2.24, 2.45) is 0 Å². The molecule has 2 heterocycles. The minimum absolute atomic E-state index is 0.103. The Bertz CT molecular complexity index is 649. The second kappa shape index (κ2) is 5.28.